The van der Waals surface area contributed by atoms with Crippen LogP contribution >= 0.6 is 0 Å². The number of aliphatic imine (C=N–C) groups is 1. The topological polar surface area (TPSA) is 101 Å². The number of hydrogen-bond donors (Lipinski definition) is 0. The van der Waals surface area contributed by atoms with Gasteiger partial charge >= 0.3 is 11.6 Å². The monoisotopic (exact) mass is 319 g/mol. The highest BCUT2D eigenvalue weighted by atomic mass is 16.5. The first-order valence-corrected chi connectivity index (χ1v) is 6.87. The molecule has 0 bridgehead atoms. The van der Waals surface area contributed by atoms with Crippen molar-refractivity contribution in [1.29, 1.82) is 0 Å². The van der Waals surface area contributed by atoms with Gasteiger partial charge in [-0.05, 0) is 35.2 Å². The van der Waals surface area contributed by atoms with Gasteiger partial charge in [-0.1, -0.05) is 6.07 Å². The Morgan fingerprint density at radius 1 is 1.39 bits per heavy atom. The van der Waals surface area contributed by atoms with Crippen molar-refractivity contribution in [2.24, 2.45) is 4.99 Å². The molecule has 0 fully saturated rings. The maximum Gasteiger partial charge on any atom is 0.339 e. The molecule has 0 aliphatic heterocycles. The molecule has 1 aromatic carbocycles. The van der Waals surface area contributed by atoms with Crippen LogP contribution in [-0.4, -0.2) is 31.7 Å². The normalized spacial score (nSPS) is 11.3. The van der Waals surface area contributed by atoms with Crippen LogP contribution in [0.3, 0.4) is 0 Å². The van der Waals surface area contributed by atoms with Crippen LogP contribution < -0.4 is 19.3 Å². The van der Waals surface area contributed by atoms with E-state index in [-0.39, 0.29) is 11.6 Å². The van der Waals surface area contributed by atoms with Crippen LogP contribution in [0.25, 0.3) is 0 Å². The Balaban J connectivity index is 2.17. The van der Waals surface area contributed by atoms with Crippen LogP contribution in [0, 0.1) is 0 Å². The number of rotatable bonds is 7. The van der Waals surface area contributed by atoms with Crippen LogP contribution in [0.2, 0.25) is 0 Å². The Labute approximate surface area is 132 Å². The molecule has 8 heteroatoms. The Morgan fingerprint density at radius 3 is 2.74 bits per heavy atom. The number of hydrogen-bond acceptors (Lipinski definition) is 7. The number of aromatic nitrogens is 2. The van der Waals surface area contributed by atoms with Gasteiger partial charge in [0, 0.05) is 6.42 Å². The minimum Gasteiger partial charge on any atom is -0.862 e. The summed E-state index contributed by atoms with van der Waals surface area (Å²) in [5, 5.41) is 14.7. The highest BCUT2D eigenvalue weighted by Gasteiger charge is 2.23. The molecular weight excluding hydrogens is 302 g/mol. The smallest absolute Gasteiger partial charge is 0.339 e. The van der Waals surface area contributed by atoms with Gasteiger partial charge < -0.3 is 14.6 Å². The summed E-state index contributed by atoms with van der Waals surface area (Å²) in [7, 11) is 3.13. The van der Waals surface area contributed by atoms with Gasteiger partial charge in [0.05, 0.1) is 14.2 Å². The van der Waals surface area contributed by atoms with Crippen LogP contribution in [0.5, 0.6) is 11.5 Å². The molecule has 0 aliphatic rings. The second-order valence-corrected chi connectivity index (χ2v) is 4.67. The van der Waals surface area contributed by atoms with E-state index < -0.39 is 5.90 Å². The van der Waals surface area contributed by atoms with Gasteiger partial charge in [-0.2, -0.15) is 0 Å². The molecule has 2 aromatic rings. The lowest BCUT2D eigenvalue weighted by Gasteiger charge is -2.08. The molecule has 0 radical (unpaired) electrons. The average molecular weight is 319 g/mol. The summed E-state index contributed by atoms with van der Waals surface area (Å²) in [5.74, 6) is 0.718. The maximum absolute atomic E-state index is 11.2. The summed E-state index contributed by atoms with van der Waals surface area (Å²) in [6.45, 7) is 1.66. The molecule has 0 saturated carbocycles. The first kappa shape index (κ1) is 16.5. The quantitative estimate of drug-likeness (QED) is 0.318. The molecule has 0 amide bonds. The third-order valence-electron chi connectivity index (χ3n) is 3.15. The number of aldehydes is 1. The first-order chi connectivity index (χ1) is 11.1. The second-order valence-electron chi connectivity index (χ2n) is 4.67. The molecule has 0 spiro atoms. The van der Waals surface area contributed by atoms with Crippen LogP contribution in [-0.2, 0) is 13.0 Å². The molecule has 0 saturated heterocycles. The van der Waals surface area contributed by atoms with Crippen molar-refractivity contribution in [2.75, 3.05) is 14.2 Å². The number of carbonyl (C=O) groups is 1. The fourth-order valence-electron chi connectivity index (χ4n) is 2.05. The molecule has 0 unspecified atom stereocenters. The molecule has 0 aliphatic carbocycles. The Bertz CT molecular complexity index is 720. The Kier molecular flexibility index (Phi) is 5.29. The molecular formula is C15H17N3O5. The van der Waals surface area contributed by atoms with Crippen LogP contribution in [0.1, 0.15) is 23.0 Å². The third kappa shape index (κ3) is 3.85. The summed E-state index contributed by atoms with van der Waals surface area (Å²) in [4.78, 5) is 14.8. The van der Waals surface area contributed by atoms with Crippen molar-refractivity contribution in [2.45, 2.75) is 19.9 Å². The van der Waals surface area contributed by atoms with Gasteiger partial charge in [-0.25, -0.2) is 4.99 Å². The molecule has 1 aromatic heterocycles. The van der Waals surface area contributed by atoms with Crippen molar-refractivity contribution >= 4 is 18.1 Å². The zero-order valence-corrected chi connectivity index (χ0v) is 13.1. The summed E-state index contributed by atoms with van der Waals surface area (Å²) in [5.41, 5.74) is 1.10. The Morgan fingerprint density at radius 2 is 2.13 bits per heavy atom. The van der Waals surface area contributed by atoms with E-state index in [0.717, 1.165) is 5.56 Å². The first-order valence-electron chi connectivity index (χ1n) is 6.87. The van der Waals surface area contributed by atoms with E-state index in [1.807, 2.05) is 12.1 Å². The van der Waals surface area contributed by atoms with Crippen molar-refractivity contribution in [3.8, 4) is 11.5 Å². The summed E-state index contributed by atoms with van der Waals surface area (Å²) in [6.07, 6.45) is 1.14. The van der Waals surface area contributed by atoms with Gasteiger partial charge in [0.1, 0.15) is 0 Å². The van der Waals surface area contributed by atoms with E-state index >= 15 is 0 Å². The van der Waals surface area contributed by atoms with Crippen LogP contribution in [0.4, 0.5) is 5.88 Å². The predicted molar refractivity (Wildman–Crippen MR) is 78.1 cm³/mol. The minimum absolute atomic E-state index is 0.0835. The molecule has 1 heterocycles. The zero-order valence-electron chi connectivity index (χ0n) is 13.1. The third-order valence-corrected chi connectivity index (χ3v) is 3.15. The number of aryl methyl sites for hydroxylation is 2. The summed E-state index contributed by atoms with van der Waals surface area (Å²) in [6, 6.07) is 5.54. The van der Waals surface area contributed by atoms with E-state index in [2.05, 4.69) is 10.3 Å². The van der Waals surface area contributed by atoms with Crippen LogP contribution in [0.15, 0.2) is 27.7 Å². The predicted octanol–water partition coefficient (Wildman–Crippen LogP) is 0.445. The zero-order chi connectivity index (χ0) is 16.8. The number of carbonyl (C=O) groups excluding carboxylic acids is 1. The molecule has 0 atom stereocenters. The number of nitrogens with zero attached hydrogens (tertiary/aromatic N) is 3. The van der Waals surface area contributed by atoms with E-state index in [9.17, 15) is 9.90 Å². The highest BCUT2D eigenvalue weighted by molar-refractivity contribution is 5.79. The van der Waals surface area contributed by atoms with Crippen molar-refractivity contribution < 1.29 is 28.6 Å². The lowest BCUT2D eigenvalue weighted by molar-refractivity contribution is -0.762. The lowest BCUT2D eigenvalue weighted by atomic mass is 10.1. The summed E-state index contributed by atoms with van der Waals surface area (Å²) >= 11 is 0. The average Bonchev–Trinajstić information content (AvgIpc) is 2.93. The largest absolute Gasteiger partial charge is 0.862 e. The van der Waals surface area contributed by atoms with Crippen molar-refractivity contribution in [3.05, 3.63) is 29.5 Å². The summed E-state index contributed by atoms with van der Waals surface area (Å²) < 4.78 is 16.7. The van der Waals surface area contributed by atoms with E-state index in [4.69, 9.17) is 14.0 Å². The number of methoxy groups -OCH3 is 2. The van der Waals surface area contributed by atoms with Gasteiger partial charge in [-0.3, -0.25) is 9.32 Å². The van der Waals surface area contributed by atoms with Crippen molar-refractivity contribution in [1.82, 2.24) is 5.27 Å². The highest BCUT2D eigenvalue weighted by Crippen LogP contribution is 2.27. The number of benzene rings is 1. The molecule has 0 N–H and O–H groups in total. The van der Waals surface area contributed by atoms with Crippen molar-refractivity contribution in [3.63, 3.8) is 0 Å². The SMILES string of the molecule is COc1ccc(CC[n+]2noc(/N=C(/C)[O-])c2C=O)cc1OC. The van der Waals surface area contributed by atoms with E-state index in [1.54, 1.807) is 20.3 Å². The standard InChI is InChI=1S/C15H17N3O5/c1-10(20)16-15-12(9-19)18(17-23-15)7-6-11-4-5-13(21-2)14(8-11)22-3/h4-5,8-9H,6-7H2,1-3H3. The fourth-order valence-corrected chi connectivity index (χ4v) is 2.05. The molecule has 8 nitrogen and oxygen atoms in total. The van der Waals surface area contributed by atoms with Gasteiger partial charge in [0.25, 0.3) is 0 Å². The minimum atomic E-state index is -0.462. The molecule has 2 rings (SSSR count). The lowest BCUT2D eigenvalue weighted by Crippen LogP contribution is -2.40. The molecule has 122 valence electrons. The van der Waals surface area contributed by atoms with Gasteiger partial charge in [0.2, 0.25) is 11.6 Å². The second kappa shape index (κ2) is 7.39. The van der Waals surface area contributed by atoms with Gasteiger partial charge in [0.15, 0.2) is 18.0 Å². The van der Waals surface area contributed by atoms with E-state index in [0.29, 0.717) is 30.8 Å². The fraction of sp³-hybridized carbons (Fsp3) is 0.333. The Hall–Kier alpha value is -2.90. The maximum atomic E-state index is 11.2. The number of ether oxygens (including phenoxy) is 2. The molecule has 23 heavy (non-hydrogen) atoms. The van der Waals surface area contributed by atoms with E-state index in [1.165, 1.54) is 11.6 Å². The van der Waals surface area contributed by atoms with Gasteiger partial charge in [-0.15, -0.1) is 0 Å².